The van der Waals surface area contributed by atoms with Gasteiger partial charge in [-0.15, -0.1) is 0 Å². The van der Waals surface area contributed by atoms with Gasteiger partial charge in [-0.3, -0.25) is 14.4 Å². The second-order valence-corrected chi connectivity index (χ2v) is 6.42. The summed E-state index contributed by atoms with van der Waals surface area (Å²) in [5.74, 6) is -0.555. The first-order valence-corrected chi connectivity index (χ1v) is 8.85. The molecule has 3 aromatic rings. The van der Waals surface area contributed by atoms with Crippen LogP contribution in [0.2, 0.25) is 0 Å². The van der Waals surface area contributed by atoms with Crippen molar-refractivity contribution in [3.63, 3.8) is 0 Å². The Kier molecular flexibility index (Phi) is 5.69. The van der Waals surface area contributed by atoms with Crippen LogP contribution in [-0.4, -0.2) is 23.4 Å². The number of carbonyl (C=O) groups excluding carboxylic acids is 2. The predicted octanol–water partition coefficient (Wildman–Crippen LogP) is 3.13. The van der Waals surface area contributed by atoms with E-state index in [1.54, 1.807) is 43.6 Å². The first kappa shape index (κ1) is 19.1. The number of carbonyl (C=O) groups is 2. The number of hydrogen-bond donors (Lipinski definition) is 1. The van der Waals surface area contributed by atoms with Crippen LogP contribution in [0, 0.1) is 0 Å². The van der Waals surface area contributed by atoms with Gasteiger partial charge in [-0.1, -0.05) is 30.3 Å². The summed E-state index contributed by atoms with van der Waals surface area (Å²) in [5.41, 5.74) is 1.96. The number of nitrogens with one attached hydrogen (secondary N) is 1. The molecule has 3 rings (SSSR count). The Hall–Kier alpha value is -3.67. The Morgan fingerprint density at radius 1 is 0.964 bits per heavy atom. The molecule has 28 heavy (non-hydrogen) atoms. The Labute approximate surface area is 163 Å². The Balaban J connectivity index is 1.77. The third-order valence-electron chi connectivity index (χ3n) is 4.45. The van der Waals surface area contributed by atoms with Gasteiger partial charge in [-0.25, -0.2) is 0 Å². The van der Waals surface area contributed by atoms with Gasteiger partial charge in [0.25, 0.3) is 11.5 Å². The molecule has 0 spiro atoms. The average Bonchev–Trinajstić information content (AvgIpc) is 2.70. The van der Waals surface area contributed by atoms with Crippen molar-refractivity contribution in [1.29, 1.82) is 0 Å². The largest absolute Gasteiger partial charge is 0.322 e. The van der Waals surface area contributed by atoms with E-state index in [9.17, 15) is 14.4 Å². The fraction of sp³-hybridized carbons (Fsp3) is 0.136. The minimum Gasteiger partial charge on any atom is -0.322 e. The van der Waals surface area contributed by atoms with E-state index in [-0.39, 0.29) is 17.0 Å². The Morgan fingerprint density at radius 3 is 2.29 bits per heavy atom. The molecule has 0 bridgehead atoms. The second kappa shape index (κ2) is 8.35. The van der Waals surface area contributed by atoms with Crippen LogP contribution >= 0.6 is 0 Å². The number of amides is 2. The maximum Gasteiger partial charge on any atom is 0.263 e. The summed E-state index contributed by atoms with van der Waals surface area (Å²) < 4.78 is 1.51. The van der Waals surface area contributed by atoms with Crippen LogP contribution in [0.1, 0.15) is 22.8 Å². The fourth-order valence-electron chi connectivity index (χ4n) is 2.76. The molecule has 0 fully saturated rings. The van der Waals surface area contributed by atoms with Crippen LogP contribution in [0.4, 0.5) is 11.4 Å². The molecule has 0 aliphatic carbocycles. The molecule has 6 nitrogen and oxygen atoms in total. The topological polar surface area (TPSA) is 71.4 Å². The van der Waals surface area contributed by atoms with E-state index in [0.717, 1.165) is 11.3 Å². The molecule has 0 atom stereocenters. The smallest absolute Gasteiger partial charge is 0.263 e. The summed E-state index contributed by atoms with van der Waals surface area (Å²) in [7, 11) is 1.68. The molecule has 1 heterocycles. The monoisotopic (exact) mass is 375 g/mol. The van der Waals surface area contributed by atoms with Crippen molar-refractivity contribution in [1.82, 2.24) is 4.57 Å². The Morgan fingerprint density at radius 2 is 1.64 bits per heavy atom. The number of rotatable bonds is 5. The summed E-state index contributed by atoms with van der Waals surface area (Å²) >= 11 is 0. The lowest BCUT2D eigenvalue weighted by molar-refractivity contribution is -0.116. The number of aromatic nitrogens is 1. The molecule has 0 radical (unpaired) electrons. The van der Waals surface area contributed by atoms with Gasteiger partial charge in [0.05, 0.1) is 6.54 Å². The second-order valence-electron chi connectivity index (χ2n) is 6.42. The molecule has 2 amide bonds. The number of hydrogen-bond acceptors (Lipinski definition) is 3. The van der Waals surface area contributed by atoms with E-state index >= 15 is 0 Å². The maximum atomic E-state index is 12.7. The van der Waals surface area contributed by atoms with Crippen LogP contribution in [0.3, 0.4) is 0 Å². The summed E-state index contributed by atoms with van der Waals surface area (Å²) in [4.78, 5) is 38.2. The lowest BCUT2D eigenvalue weighted by Gasteiger charge is -2.15. The SMILES string of the molecule is CC(=O)N(C)c1ccc(NC(=O)c2cccn(Cc3ccccc3)c2=O)cc1. The van der Waals surface area contributed by atoms with Gasteiger partial charge in [0.15, 0.2) is 0 Å². The van der Waals surface area contributed by atoms with Crippen molar-refractivity contribution >= 4 is 23.2 Å². The maximum absolute atomic E-state index is 12.7. The van der Waals surface area contributed by atoms with Gasteiger partial charge in [0.2, 0.25) is 5.91 Å². The van der Waals surface area contributed by atoms with E-state index in [0.29, 0.717) is 12.2 Å². The molecule has 6 heteroatoms. The van der Waals surface area contributed by atoms with Crippen LogP contribution < -0.4 is 15.8 Å². The molecule has 142 valence electrons. The zero-order chi connectivity index (χ0) is 20.1. The van der Waals surface area contributed by atoms with Crippen molar-refractivity contribution in [3.8, 4) is 0 Å². The zero-order valence-electron chi connectivity index (χ0n) is 15.8. The molecule has 1 aromatic heterocycles. The van der Waals surface area contributed by atoms with Gasteiger partial charge in [0, 0.05) is 31.5 Å². The summed E-state index contributed by atoms with van der Waals surface area (Å²) in [5, 5.41) is 2.73. The number of nitrogens with zero attached hydrogens (tertiary/aromatic N) is 2. The van der Waals surface area contributed by atoms with Crippen molar-refractivity contribution in [2.45, 2.75) is 13.5 Å². The van der Waals surface area contributed by atoms with Crippen molar-refractivity contribution in [3.05, 3.63) is 94.4 Å². The van der Waals surface area contributed by atoms with Crippen molar-refractivity contribution in [2.75, 3.05) is 17.3 Å². The van der Waals surface area contributed by atoms with Gasteiger partial charge in [-0.05, 0) is 42.0 Å². The van der Waals surface area contributed by atoms with E-state index in [1.165, 1.54) is 22.5 Å². The van der Waals surface area contributed by atoms with E-state index < -0.39 is 5.91 Å². The van der Waals surface area contributed by atoms with Crippen molar-refractivity contribution < 1.29 is 9.59 Å². The molecule has 1 N–H and O–H groups in total. The minimum atomic E-state index is -0.472. The first-order valence-electron chi connectivity index (χ1n) is 8.85. The van der Waals surface area contributed by atoms with Crippen LogP contribution in [0.25, 0.3) is 0 Å². The summed E-state index contributed by atoms with van der Waals surface area (Å²) in [6, 6.07) is 19.6. The van der Waals surface area contributed by atoms with Gasteiger partial charge >= 0.3 is 0 Å². The average molecular weight is 375 g/mol. The van der Waals surface area contributed by atoms with Crippen LogP contribution in [0.5, 0.6) is 0 Å². The van der Waals surface area contributed by atoms with Crippen molar-refractivity contribution in [2.24, 2.45) is 0 Å². The molecule has 2 aromatic carbocycles. The van der Waals surface area contributed by atoms with E-state index in [2.05, 4.69) is 5.32 Å². The van der Waals surface area contributed by atoms with Crippen LogP contribution in [-0.2, 0) is 11.3 Å². The lowest BCUT2D eigenvalue weighted by Crippen LogP contribution is -2.29. The number of anilines is 2. The van der Waals surface area contributed by atoms with Gasteiger partial charge < -0.3 is 14.8 Å². The zero-order valence-corrected chi connectivity index (χ0v) is 15.8. The van der Waals surface area contributed by atoms with E-state index in [4.69, 9.17) is 0 Å². The quantitative estimate of drug-likeness (QED) is 0.745. The third kappa shape index (κ3) is 4.35. The standard InChI is InChI=1S/C22H21N3O3/c1-16(26)24(2)19-12-10-18(11-13-19)23-21(27)20-9-6-14-25(22(20)28)15-17-7-4-3-5-8-17/h3-14H,15H2,1-2H3,(H,23,27). The number of pyridine rings is 1. The predicted molar refractivity (Wildman–Crippen MR) is 110 cm³/mol. The highest BCUT2D eigenvalue weighted by atomic mass is 16.2. The lowest BCUT2D eigenvalue weighted by atomic mass is 10.2. The molecular weight excluding hydrogens is 354 g/mol. The number of benzene rings is 2. The van der Waals surface area contributed by atoms with Gasteiger partial charge in [-0.2, -0.15) is 0 Å². The minimum absolute atomic E-state index is 0.0726. The molecule has 0 aliphatic heterocycles. The highest BCUT2D eigenvalue weighted by molar-refractivity contribution is 6.04. The highest BCUT2D eigenvalue weighted by Gasteiger charge is 2.13. The first-order chi connectivity index (χ1) is 13.5. The molecule has 0 saturated heterocycles. The molecular formula is C22H21N3O3. The highest BCUT2D eigenvalue weighted by Crippen LogP contribution is 2.17. The molecule has 0 unspecified atom stereocenters. The molecule has 0 aliphatic rings. The molecule has 0 saturated carbocycles. The van der Waals surface area contributed by atoms with Crippen LogP contribution in [0.15, 0.2) is 77.7 Å². The van der Waals surface area contributed by atoms with Gasteiger partial charge in [0.1, 0.15) is 5.56 Å². The summed E-state index contributed by atoms with van der Waals surface area (Å²) in [6.45, 7) is 1.87. The fourth-order valence-corrected chi connectivity index (χ4v) is 2.76. The summed E-state index contributed by atoms with van der Waals surface area (Å²) in [6.07, 6.45) is 1.67. The van der Waals surface area contributed by atoms with E-state index in [1.807, 2.05) is 30.3 Å². The normalized spacial score (nSPS) is 10.4. The third-order valence-corrected chi connectivity index (χ3v) is 4.45. The Bertz CT molecular complexity index is 1040.